The van der Waals surface area contributed by atoms with Gasteiger partial charge in [0.15, 0.2) is 0 Å². The minimum atomic E-state index is -0.0380. The monoisotopic (exact) mass is 242 g/mol. The van der Waals surface area contributed by atoms with Crippen LogP contribution in [0.2, 0.25) is 0 Å². The zero-order chi connectivity index (χ0) is 13.0. The van der Waals surface area contributed by atoms with Gasteiger partial charge >= 0.3 is 0 Å². The Kier molecular flexibility index (Phi) is 3.60. The van der Waals surface area contributed by atoms with Crippen LogP contribution in [-0.4, -0.2) is 10.9 Å². The Morgan fingerprint density at radius 3 is 2.67 bits per heavy atom. The summed E-state index contributed by atoms with van der Waals surface area (Å²) in [7, 11) is 0. The number of hydrogen-bond acceptors (Lipinski definition) is 3. The summed E-state index contributed by atoms with van der Waals surface area (Å²) in [5.41, 5.74) is 6.81. The highest BCUT2D eigenvalue weighted by atomic mass is 16.5. The van der Waals surface area contributed by atoms with Crippen molar-refractivity contribution in [3.8, 4) is 11.5 Å². The van der Waals surface area contributed by atoms with Gasteiger partial charge in [-0.1, -0.05) is 24.3 Å². The fourth-order valence-corrected chi connectivity index (χ4v) is 1.61. The molecular weight excluding hydrogens is 228 g/mol. The van der Waals surface area contributed by atoms with E-state index in [1.54, 1.807) is 36.4 Å². The van der Waals surface area contributed by atoms with Gasteiger partial charge < -0.3 is 15.6 Å². The molecule has 2 rings (SSSR count). The predicted octanol–water partition coefficient (Wildman–Crippen LogP) is 2.26. The fraction of sp³-hybridized carbons (Fsp3) is 0.0714. The highest BCUT2D eigenvalue weighted by molar-refractivity contribution is 5.97. The summed E-state index contributed by atoms with van der Waals surface area (Å²) in [6.07, 6.45) is 0. The summed E-state index contributed by atoms with van der Waals surface area (Å²) in [6, 6.07) is 14.2. The first-order chi connectivity index (χ1) is 8.70. The molecule has 0 aliphatic heterocycles. The quantitative estimate of drug-likeness (QED) is 0.568. The summed E-state index contributed by atoms with van der Waals surface area (Å²) in [4.78, 5) is 0. The van der Waals surface area contributed by atoms with Crippen LogP contribution >= 0.6 is 0 Å². The van der Waals surface area contributed by atoms with E-state index in [4.69, 9.17) is 21.0 Å². The largest absolute Gasteiger partial charge is 0.457 e. The Balaban J connectivity index is 2.31. The van der Waals surface area contributed by atoms with Crippen molar-refractivity contribution in [3.05, 3.63) is 59.7 Å². The SMILES string of the molecule is N=C(N)c1ccccc1Oc1cccc(CO)c1. The topological polar surface area (TPSA) is 79.3 Å². The lowest BCUT2D eigenvalue weighted by molar-refractivity contribution is 0.281. The maximum absolute atomic E-state index is 9.06. The van der Waals surface area contributed by atoms with E-state index in [1.807, 2.05) is 12.1 Å². The molecule has 0 heterocycles. The van der Waals surface area contributed by atoms with Crippen LogP contribution in [0.5, 0.6) is 11.5 Å². The molecule has 0 aliphatic rings. The van der Waals surface area contributed by atoms with E-state index in [2.05, 4.69) is 0 Å². The standard InChI is InChI=1S/C14H14N2O2/c15-14(16)12-6-1-2-7-13(12)18-11-5-3-4-10(8-11)9-17/h1-8,17H,9H2,(H3,15,16). The Bertz CT molecular complexity index is 567. The molecule has 0 saturated carbocycles. The van der Waals surface area contributed by atoms with Gasteiger partial charge in [-0.05, 0) is 29.8 Å². The van der Waals surface area contributed by atoms with Crippen LogP contribution in [0, 0.1) is 5.41 Å². The first-order valence-electron chi connectivity index (χ1n) is 5.52. The van der Waals surface area contributed by atoms with Crippen LogP contribution in [-0.2, 0) is 6.61 Å². The second-order valence-electron chi connectivity index (χ2n) is 3.82. The molecule has 92 valence electrons. The van der Waals surface area contributed by atoms with Crippen molar-refractivity contribution in [1.82, 2.24) is 0 Å². The van der Waals surface area contributed by atoms with E-state index in [1.165, 1.54) is 0 Å². The molecule has 0 atom stereocenters. The Morgan fingerprint density at radius 2 is 1.94 bits per heavy atom. The maximum Gasteiger partial charge on any atom is 0.138 e. The third-order valence-corrected chi connectivity index (χ3v) is 2.49. The Hall–Kier alpha value is -2.33. The van der Waals surface area contributed by atoms with Crippen molar-refractivity contribution in [2.45, 2.75) is 6.61 Å². The lowest BCUT2D eigenvalue weighted by atomic mass is 10.2. The van der Waals surface area contributed by atoms with Crippen molar-refractivity contribution >= 4 is 5.84 Å². The summed E-state index contributed by atoms with van der Waals surface area (Å²) in [5.74, 6) is 1.10. The molecule has 2 aromatic rings. The number of ether oxygens (including phenoxy) is 1. The van der Waals surface area contributed by atoms with Gasteiger partial charge in [0.1, 0.15) is 17.3 Å². The first-order valence-corrected chi connectivity index (χ1v) is 5.52. The molecule has 0 unspecified atom stereocenters. The number of aliphatic hydroxyl groups excluding tert-OH is 1. The molecule has 0 fully saturated rings. The molecule has 0 bridgehead atoms. The molecule has 4 N–H and O–H groups in total. The number of benzene rings is 2. The highest BCUT2D eigenvalue weighted by Gasteiger charge is 2.06. The highest BCUT2D eigenvalue weighted by Crippen LogP contribution is 2.25. The van der Waals surface area contributed by atoms with E-state index in [0.29, 0.717) is 17.1 Å². The van der Waals surface area contributed by atoms with Gasteiger partial charge in [-0.15, -0.1) is 0 Å². The molecule has 0 aliphatic carbocycles. The van der Waals surface area contributed by atoms with Crippen molar-refractivity contribution in [2.24, 2.45) is 5.73 Å². The minimum absolute atomic E-state index is 0.0362. The van der Waals surface area contributed by atoms with Crippen molar-refractivity contribution in [2.75, 3.05) is 0 Å². The van der Waals surface area contributed by atoms with Crippen LogP contribution in [0.15, 0.2) is 48.5 Å². The normalized spacial score (nSPS) is 10.1. The number of amidine groups is 1. The van der Waals surface area contributed by atoms with E-state index in [0.717, 1.165) is 5.56 Å². The average Bonchev–Trinajstić information content (AvgIpc) is 2.39. The van der Waals surface area contributed by atoms with E-state index < -0.39 is 0 Å². The molecule has 4 nitrogen and oxygen atoms in total. The van der Waals surface area contributed by atoms with Gasteiger partial charge in [0, 0.05) is 0 Å². The van der Waals surface area contributed by atoms with Gasteiger partial charge in [0.25, 0.3) is 0 Å². The fourth-order valence-electron chi connectivity index (χ4n) is 1.61. The van der Waals surface area contributed by atoms with Crippen molar-refractivity contribution in [1.29, 1.82) is 5.41 Å². The Morgan fingerprint density at radius 1 is 1.17 bits per heavy atom. The summed E-state index contributed by atoms with van der Waals surface area (Å²) in [6.45, 7) is -0.0362. The molecule has 0 aromatic heterocycles. The lowest BCUT2D eigenvalue weighted by Crippen LogP contribution is -2.12. The number of para-hydroxylation sites is 1. The first kappa shape index (κ1) is 12.1. The zero-order valence-corrected chi connectivity index (χ0v) is 9.76. The van der Waals surface area contributed by atoms with Crippen molar-refractivity contribution in [3.63, 3.8) is 0 Å². The van der Waals surface area contributed by atoms with Crippen LogP contribution in [0.3, 0.4) is 0 Å². The van der Waals surface area contributed by atoms with E-state index >= 15 is 0 Å². The van der Waals surface area contributed by atoms with Gasteiger partial charge in [-0.2, -0.15) is 0 Å². The zero-order valence-electron chi connectivity index (χ0n) is 9.76. The second kappa shape index (κ2) is 5.33. The van der Waals surface area contributed by atoms with E-state index in [9.17, 15) is 0 Å². The van der Waals surface area contributed by atoms with Crippen LogP contribution < -0.4 is 10.5 Å². The average molecular weight is 242 g/mol. The molecule has 0 amide bonds. The summed E-state index contributed by atoms with van der Waals surface area (Å²) in [5, 5.41) is 16.5. The minimum Gasteiger partial charge on any atom is -0.457 e. The van der Waals surface area contributed by atoms with Gasteiger partial charge in [-0.3, -0.25) is 5.41 Å². The van der Waals surface area contributed by atoms with Crippen molar-refractivity contribution < 1.29 is 9.84 Å². The number of nitrogens with two attached hydrogens (primary N) is 1. The number of hydrogen-bond donors (Lipinski definition) is 3. The second-order valence-corrected chi connectivity index (χ2v) is 3.82. The maximum atomic E-state index is 9.06. The third kappa shape index (κ3) is 2.67. The molecule has 0 spiro atoms. The van der Waals surface area contributed by atoms with E-state index in [-0.39, 0.29) is 12.4 Å². The molecule has 2 aromatic carbocycles. The smallest absolute Gasteiger partial charge is 0.138 e. The number of aliphatic hydroxyl groups is 1. The molecular formula is C14H14N2O2. The van der Waals surface area contributed by atoms with Crippen LogP contribution in [0.1, 0.15) is 11.1 Å². The van der Waals surface area contributed by atoms with Gasteiger partial charge in [0.2, 0.25) is 0 Å². The number of nitrogens with one attached hydrogen (secondary N) is 1. The van der Waals surface area contributed by atoms with Crippen LogP contribution in [0.25, 0.3) is 0 Å². The number of nitrogen functional groups attached to an aromatic ring is 1. The summed E-state index contributed by atoms with van der Waals surface area (Å²) < 4.78 is 5.68. The molecule has 18 heavy (non-hydrogen) atoms. The molecule has 0 saturated heterocycles. The molecule has 0 radical (unpaired) electrons. The lowest BCUT2D eigenvalue weighted by Gasteiger charge is -2.10. The molecule has 4 heteroatoms. The number of rotatable bonds is 4. The van der Waals surface area contributed by atoms with Gasteiger partial charge in [-0.25, -0.2) is 0 Å². The Labute approximate surface area is 105 Å². The van der Waals surface area contributed by atoms with Gasteiger partial charge in [0.05, 0.1) is 12.2 Å². The van der Waals surface area contributed by atoms with Crippen LogP contribution in [0.4, 0.5) is 0 Å². The summed E-state index contributed by atoms with van der Waals surface area (Å²) >= 11 is 0. The third-order valence-electron chi connectivity index (χ3n) is 2.49. The predicted molar refractivity (Wildman–Crippen MR) is 69.9 cm³/mol.